The van der Waals surface area contributed by atoms with E-state index >= 15 is 0 Å². The first-order valence-corrected chi connectivity index (χ1v) is 7.63. The maximum atomic E-state index is 3.69. The molecule has 0 radical (unpaired) electrons. The molecule has 2 nitrogen and oxygen atoms in total. The first-order valence-electron chi connectivity index (χ1n) is 7.63. The minimum Gasteiger partial charge on any atom is -0.354 e. The number of hydrogen-bond acceptors (Lipinski definition) is 1. The molecule has 1 atom stereocenters. The quantitative estimate of drug-likeness (QED) is 0.790. The van der Waals surface area contributed by atoms with Crippen LogP contribution in [0.1, 0.15) is 44.4 Å². The summed E-state index contributed by atoms with van der Waals surface area (Å²) < 4.78 is 2.27. The van der Waals surface area contributed by atoms with Crippen molar-refractivity contribution in [3.63, 3.8) is 0 Å². The molecule has 0 fully saturated rings. The Morgan fingerprint density at radius 2 is 1.85 bits per heavy atom. The minimum atomic E-state index is 0.408. The maximum absolute atomic E-state index is 3.69. The van der Waals surface area contributed by atoms with Crippen LogP contribution in [0.15, 0.2) is 48.8 Å². The van der Waals surface area contributed by atoms with Gasteiger partial charge in [0, 0.05) is 31.5 Å². The predicted molar refractivity (Wildman–Crippen MR) is 85.6 cm³/mol. The number of aryl methyl sites for hydroxylation is 1. The number of benzene rings is 1. The number of rotatable bonds is 7. The lowest BCUT2D eigenvalue weighted by Crippen LogP contribution is -2.25. The van der Waals surface area contributed by atoms with E-state index in [2.05, 4.69) is 79.4 Å². The van der Waals surface area contributed by atoms with Crippen molar-refractivity contribution in [1.82, 2.24) is 9.88 Å². The molecule has 2 rings (SSSR count). The highest BCUT2D eigenvalue weighted by molar-refractivity contribution is 5.20. The third-order valence-corrected chi connectivity index (χ3v) is 3.64. The molecule has 1 unspecified atom stereocenters. The molecule has 108 valence electrons. The number of hydrogen-bond donors (Lipinski definition) is 1. The summed E-state index contributed by atoms with van der Waals surface area (Å²) in [5.74, 6) is 0.579. The fourth-order valence-electron chi connectivity index (χ4n) is 2.62. The van der Waals surface area contributed by atoms with Crippen LogP contribution in [0.5, 0.6) is 0 Å². The normalized spacial score (nSPS) is 12.8. The Morgan fingerprint density at radius 1 is 1.10 bits per heavy atom. The van der Waals surface area contributed by atoms with E-state index < -0.39 is 0 Å². The Bertz CT molecular complexity index is 499. The molecule has 1 aromatic carbocycles. The molecule has 1 N–H and O–H groups in total. The summed E-state index contributed by atoms with van der Waals surface area (Å²) in [7, 11) is 0. The summed E-state index contributed by atoms with van der Waals surface area (Å²) in [6, 6.07) is 13.3. The van der Waals surface area contributed by atoms with E-state index in [1.54, 1.807) is 0 Å². The fourth-order valence-corrected chi connectivity index (χ4v) is 2.62. The van der Waals surface area contributed by atoms with Crippen LogP contribution in [0.3, 0.4) is 0 Å². The topological polar surface area (TPSA) is 17.0 Å². The van der Waals surface area contributed by atoms with E-state index in [9.17, 15) is 0 Å². The molecule has 1 heterocycles. The van der Waals surface area contributed by atoms with E-state index in [-0.39, 0.29) is 0 Å². The zero-order valence-corrected chi connectivity index (χ0v) is 12.8. The minimum absolute atomic E-state index is 0.408. The Labute approximate surface area is 122 Å². The average Bonchev–Trinajstić information content (AvgIpc) is 2.88. The van der Waals surface area contributed by atoms with Gasteiger partial charge in [-0.3, -0.25) is 0 Å². The summed E-state index contributed by atoms with van der Waals surface area (Å²) >= 11 is 0. The smallest absolute Gasteiger partial charge is 0.0346 e. The summed E-state index contributed by atoms with van der Waals surface area (Å²) in [6.45, 7) is 8.78. The van der Waals surface area contributed by atoms with Crippen LogP contribution < -0.4 is 5.32 Å². The molecule has 0 amide bonds. The van der Waals surface area contributed by atoms with Crippen molar-refractivity contribution in [3.8, 4) is 0 Å². The van der Waals surface area contributed by atoms with Gasteiger partial charge in [-0.15, -0.1) is 0 Å². The highest BCUT2D eigenvalue weighted by atomic mass is 15.0. The van der Waals surface area contributed by atoms with Gasteiger partial charge in [-0.05, 0) is 29.5 Å². The van der Waals surface area contributed by atoms with Crippen molar-refractivity contribution in [2.75, 3.05) is 0 Å². The molecule has 0 aliphatic carbocycles. The van der Waals surface area contributed by atoms with E-state index in [1.807, 2.05) is 0 Å². The summed E-state index contributed by atoms with van der Waals surface area (Å²) in [5, 5.41) is 3.69. The highest BCUT2D eigenvalue weighted by Gasteiger charge is 2.14. The summed E-state index contributed by atoms with van der Waals surface area (Å²) in [6.07, 6.45) is 5.60. The molecule has 2 heteroatoms. The van der Waals surface area contributed by atoms with Gasteiger partial charge in [0.05, 0.1) is 0 Å². The van der Waals surface area contributed by atoms with Crippen LogP contribution in [0.2, 0.25) is 0 Å². The average molecular weight is 270 g/mol. The second-order valence-corrected chi connectivity index (χ2v) is 5.77. The van der Waals surface area contributed by atoms with Gasteiger partial charge in [-0.1, -0.05) is 51.1 Å². The van der Waals surface area contributed by atoms with Gasteiger partial charge in [0.15, 0.2) is 0 Å². The van der Waals surface area contributed by atoms with Crippen LogP contribution in [0, 0.1) is 5.92 Å². The first kappa shape index (κ1) is 14.9. The Kier molecular flexibility index (Phi) is 5.42. The fraction of sp³-hybridized carbons (Fsp3) is 0.444. The van der Waals surface area contributed by atoms with Gasteiger partial charge in [0.2, 0.25) is 0 Å². The highest BCUT2D eigenvalue weighted by Crippen LogP contribution is 2.21. The van der Waals surface area contributed by atoms with Crippen molar-refractivity contribution in [3.05, 3.63) is 59.9 Å². The van der Waals surface area contributed by atoms with Crippen molar-refractivity contribution in [2.45, 2.75) is 46.3 Å². The molecule has 0 spiro atoms. The Balaban J connectivity index is 1.98. The Hall–Kier alpha value is -1.54. The molecular formula is C18H26N2. The molecule has 0 saturated carbocycles. The van der Waals surface area contributed by atoms with Crippen LogP contribution in [0.4, 0.5) is 0 Å². The van der Waals surface area contributed by atoms with Crippen LogP contribution in [-0.2, 0) is 13.1 Å². The van der Waals surface area contributed by atoms with Gasteiger partial charge < -0.3 is 9.88 Å². The predicted octanol–water partition coefficient (Wildman–Crippen LogP) is 4.39. The van der Waals surface area contributed by atoms with Gasteiger partial charge >= 0.3 is 0 Å². The second-order valence-electron chi connectivity index (χ2n) is 5.77. The van der Waals surface area contributed by atoms with Gasteiger partial charge in [-0.25, -0.2) is 0 Å². The van der Waals surface area contributed by atoms with E-state index in [1.165, 1.54) is 17.5 Å². The molecular weight excluding hydrogens is 244 g/mol. The lowest BCUT2D eigenvalue weighted by Gasteiger charge is -2.22. The lowest BCUT2D eigenvalue weighted by atomic mass is 9.96. The maximum Gasteiger partial charge on any atom is 0.0346 e. The zero-order valence-electron chi connectivity index (χ0n) is 12.8. The lowest BCUT2D eigenvalue weighted by molar-refractivity contribution is 0.410. The Morgan fingerprint density at radius 3 is 2.50 bits per heavy atom. The largest absolute Gasteiger partial charge is 0.354 e. The SMILES string of the molecule is CCCn1ccc(CNC(c2ccccc2)C(C)C)c1. The van der Waals surface area contributed by atoms with Gasteiger partial charge in [-0.2, -0.15) is 0 Å². The molecule has 2 aromatic rings. The summed E-state index contributed by atoms with van der Waals surface area (Å²) in [5.41, 5.74) is 2.73. The molecule has 0 bridgehead atoms. The van der Waals surface area contributed by atoms with E-state index in [0.717, 1.165) is 13.1 Å². The summed E-state index contributed by atoms with van der Waals surface area (Å²) in [4.78, 5) is 0. The van der Waals surface area contributed by atoms with Crippen molar-refractivity contribution >= 4 is 0 Å². The van der Waals surface area contributed by atoms with Crippen molar-refractivity contribution in [2.24, 2.45) is 5.92 Å². The van der Waals surface area contributed by atoms with Crippen LogP contribution in [-0.4, -0.2) is 4.57 Å². The molecule has 0 saturated heterocycles. The second kappa shape index (κ2) is 7.30. The first-order chi connectivity index (χ1) is 9.70. The van der Waals surface area contributed by atoms with Crippen molar-refractivity contribution in [1.29, 1.82) is 0 Å². The van der Waals surface area contributed by atoms with E-state index in [4.69, 9.17) is 0 Å². The number of nitrogens with zero attached hydrogens (tertiary/aromatic N) is 1. The van der Waals surface area contributed by atoms with Crippen LogP contribution >= 0.6 is 0 Å². The van der Waals surface area contributed by atoms with Gasteiger partial charge in [0.1, 0.15) is 0 Å². The number of nitrogens with one attached hydrogen (secondary N) is 1. The van der Waals surface area contributed by atoms with Crippen molar-refractivity contribution < 1.29 is 0 Å². The third kappa shape index (κ3) is 3.97. The standard InChI is InChI=1S/C18H26N2/c1-4-11-20-12-10-16(14-20)13-19-18(15(2)3)17-8-6-5-7-9-17/h5-10,12,14-15,18-19H,4,11,13H2,1-3H3. The molecule has 0 aliphatic heterocycles. The van der Waals surface area contributed by atoms with Crippen LogP contribution in [0.25, 0.3) is 0 Å². The number of aromatic nitrogens is 1. The molecule has 0 aliphatic rings. The van der Waals surface area contributed by atoms with Gasteiger partial charge in [0.25, 0.3) is 0 Å². The van der Waals surface area contributed by atoms with E-state index in [0.29, 0.717) is 12.0 Å². The zero-order chi connectivity index (χ0) is 14.4. The molecule has 1 aromatic heterocycles. The third-order valence-electron chi connectivity index (χ3n) is 3.64. The monoisotopic (exact) mass is 270 g/mol. The molecule has 20 heavy (non-hydrogen) atoms.